The zero-order chi connectivity index (χ0) is 13.7. The number of amides is 1. The van der Waals surface area contributed by atoms with E-state index < -0.39 is 0 Å². The average molecular weight is 259 g/mol. The van der Waals surface area contributed by atoms with Gasteiger partial charge in [0.2, 0.25) is 5.91 Å². The molecule has 0 saturated heterocycles. The molecule has 2 N–H and O–H groups in total. The third kappa shape index (κ3) is 3.51. The number of aromatic amines is 1. The summed E-state index contributed by atoms with van der Waals surface area (Å²) in [6.07, 6.45) is 4.43. The molecule has 0 atom stereocenters. The van der Waals surface area contributed by atoms with Crippen LogP contribution in [0, 0.1) is 12.7 Å². The zero-order valence-electron chi connectivity index (χ0n) is 10.5. The van der Waals surface area contributed by atoms with Crippen molar-refractivity contribution in [3.8, 4) is 0 Å². The number of carbonyl (C=O) groups excluding carboxylic acids is 1. The van der Waals surface area contributed by atoms with Gasteiger partial charge in [-0.1, -0.05) is 18.2 Å². The molecular formula is C14H14FN3O. The first-order chi connectivity index (χ1) is 9.16. The lowest BCUT2D eigenvalue weighted by molar-refractivity contribution is -0.116. The number of H-pyrrole nitrogens is 1. The molecule has 0 spiro atoms. The van der Waals surface area contributed by atoms with Crippen molar-refractivity contribution >= 4 is 12.0 Å². The number of hydrogen-bond acceptors (Lipinski definition) is 2. The molecule has 0 fully saturated rings. The van der Waals surface area contributed by atoms with Crippen LogP contribution in [0.15, 0.2) is 36.5 Å². The van der Waals surface area contributed by atoms with Crippen LogP contribution in [0.5, 0.6) is 0 Å². The van der Waals surface area contributed by atoms with Crippen LogP contribution >= 0.6 is 0 Å². The number of benzene rings is 1. The maximum atomic E-state index is 13.3. The molecule has 0 saturated carbocycles. The van der Waals surface area contributed by atoms with Crippen molar-refractivity contribution in [2.75, 3.05) is 0 Å². The third-order valence-electron chi connectivity index (χ3n) is 2.71. The molecule has 19 heavy (non-hydrogen) atoms. The number of nitrogens with zero attached hydrogens (tertiary/aromatic N) is 1. The van der Waals surface area contributed by atoms with Gasteiger partial charge in [0.05, 0.1) is 6.20 Å². The fraction of sp³-hybridized carbons (Fsp3) is 0.143. The van der Waals surface area contributed by atoms with Crippen LogP contribution in [0.25, 0.3) is 6.08 Å². The van der Waals surface area contributed by atoms with Crippen LogP contribution in [0.2, 0.25) is 0 Å². The summed E-state index contributed by atoms with van der Waals surface area (Å²) in [4.78, 5) is 11.6. The van der Waals surface area contributed by atoms with Crippen molar-refractivity contribution in [1.82, 2.24) is 15.5 Å². The molecule has 5 heteroatoms. The fourth-order valence-electron chi connectivity index (χ4n) is 1.57. The first-order valence-electron chi connectivity index (χ1n) is 5.86. The largest absolute Gasteiger partial charge is 0.348 e. The Morgan fingerprint density at radius 1 is 1.47 bits per heavy atom. The second-order valence-corrected chi connectivity index (χ2v) is 4.09. The minimum absolute atomic E-state index is 0.274. The van der Waals surface area contributed by atoms with Gasteiger partial charge >= 0.3 is 0 Å². The van der Waals surface area contributed by atoms with Crippen LogP contribution in [-0.4, -0.2) is 16.1 Å². The standard InChI is InChI=1S/C14H14FN3O/c1-10-12(9-17-18-10)8-16-14(19)7-6-11-4-2-3-5-13(11)15/h2-7,9H,8H2,1H3,(H,16,19)(H,17,18)/b7-6+. The molecule has 0 bridgehead atoms. The van der Waals surface area contributed by atoms with E-state index in [1.165, 1.54) is 18.2 Å². The van der Waals surface area contributed by atoms with Gasteiger partial charge < -0.3 is 5.32 Å². The minimum Gasteiger partial charge on any atom is -0.348 e. The Labute approximate surface area is 110 Å². The summed E-state index contributed by atoms with van der Waals surface area (Å²) in [6.45, 7) is 2.27. The number of nitrogens with one attached hydrogen (secondary N) is 2. The van der Waals surface area contributed by atoms with Gasteiger partial charge in [0, 0.05) is 29.4 Å². The number of hydrogen-bond donors (Lipinski definition) is 2. The van der Waals surface area contributed by atoms with Crippen molar-refractivity contribution in [3.63, 3.8) is 0 Å². The van der Waals surface area contributed by atoms with Crippen molar-refractivity contribution < 1.29 is 9.18 Å². The summed E-state index contributed by atoms with van der Waals surface area (Å²) in [7, 11) is 0. The molecule has 98 valence electrons. The van der Waals surface area contributed by atoms with Crippen LogP contribution in [0.3, 0.4) is 0 Å². The Balaban J connectivity index is 1.91. The third-order valence-corrected chi connectivity index (χ3v) is 2.71. The molecule has 4 nitrogen and oxygen atoms in total. The highest BCUT2D eigenvalue weighted by molar-refractivity contribution is 5.91. The van der Waals surface area contributed by atoms with Gasteiger partial charge in [0.15, 0.2) is 0 Å². The lowest BCUT2D eigenvalue weighted by atomic mass is 10.2. The van der Waals surface area contributed by atoms with E-state index in [1.54, 1.807) is 24.4 Å². The first kappa shape index (κ1) is 13.0. The van der Waals surface area contributed by atoms with Gasteiger partial charge in [-0.15, -0.1) is 0 Å². The molecule has 1 amide bonds. The highest BCUT2D eigenvalue weighted by Crippen LogP contribution is 2.08. The second kappa shape index (κ2) is 5.95. The molecule has 0 aliphatic heterocycles. The molecule has 0 unspecified atom stereocenters. The van der Waals surface area contributed by atoms with E-state index >= 15 is 0 Å². The molecule has 2 aromatic rings. The van der Waals surface area contributed by atoms with Gasteiger partial charge in [-0.2, -0.15) is 5.10 Å². The number of halogens is 1. The molecule has 1 aromatic heterocycles. The SMILES string of the molecule is Cc1[nH]ncc1CNC(=O)/C=C/c1ccccc1F. The van der Waals surface area contributed by atoms with E-state index in [-0.39, 0.29) is 11.7 Å². The lowest BCUT2D eigenvalue weighted by Gasteiger charge is -2.00. The van der Waals surface area contributed by atoms with E-state index in [4.69, 9.17) is 0 Å². The Morgan fingerprint density at radius 3 is 2.95 bits per heavy atom. The van der Waals surface area contributed by atoms with Crippen molar-refractivity contribution in [2.24, 2.45) is 0 Å². The molecule has 2 rings (SSSR count). The quantitative estimate of drug-likeness (QED) is 0.827. The Morgan fingerprint density at radius 2 is 2.26 bits per heavy atom. The normalized spacial score (nSPS) is 10.8. The Bertz CT molecular complexity index is 604. The molecule has 1 aromatic carbocycles. The summed E-state index contributed by atoms with van der Waals surface area (Å²) in [5.41, 5.74) is 2.23. The van der Waals surface area contributed by atoms with Crippen molar-refractivity contribution in [3.05, 3.63) is 59.2 Å². The van der Waals surface area contributed by atoms with E-state index in [1.807, 2.05) is 6.92 Å². The topological polar surface area (TPSA) is 57.8 Å². The maximum absolute atomic E-state index is 13.3. The Hall–Kier alpha value is -2.43. The highest BCUT2D eigenvalue weighted by Gasteiger charge is 2.02. The van der Waals surface area contributed by atoms with Crippen molar-refractivity contribution in [2.45, 2.75) is 13.5 Å². The van der Waals surface area contributed by atoms with Gasteiger partial charge in [0.1, 0.15) is 5.82 Å². The summed E-state index contributed by atoms with van der Waals surface area (Å²) in [5.74, 6) is -0.624. The second-order valence-electron chi connectivity index (χ2n) is 4.09. The summed E-state index contributed by atoms with van der Waals surface area (Å²) in [6, 6.07) is 6.29. The summed E-state index contributed by atoms with van der Waals surface area (Å²) < 4.78 is 13.3. The van der Waals surface area contributed by atoms with Gasteiger partial charge in [0.25, 0.3) is 0 Å². The van der Waals surface area contributed by atoms with Crippen LogP contribution in [0.1, 0.15) is 16.8 Å². The van der Waals surface area contributed by atoms with Crippen LogP contribution in [-0.2, 0) is 11.3 Å². The van der Waals surface area contributed by atoms with Crippen LogP contribution in [0.4, 0.5) is 4.39 Å². The number of rotatable bonds is 4. The first-order valence-corrected chi connectivity index (χ1v) is 5.86. The molecule has 0 aliphatic carbocycles. The van der Waals surface area contributed by atoms with Crippen molar-refractivity contribution in [1.29, 1.82) is 0 Å². The van der Waals surface area contributed by atoms with Crippen LogP contribution < -0.4 is 5.32 Å². The van der Waals surface area contributed by atoms with Gasteiger partial charge in [-0.25, -0.2) is 4.39 Å². The Kier molecular flexibility index (Phi) is 4.07. The smallest absolute Gasteiger partial charge is 0.244 e. The number of aryl methyl sites for hydroxylation is 1. The molecular weight excluding hydrogens is 245 g/mol. The molecule has 0 aliphatic rings. The van der Waals surface area contributed by atoms with Gasteiger partial charge in [-0.3, -0.25) is 9.89 Å². The van der Waals surface area contributed by atoms with E-state index in [0.717, 1.165) is 11.3 Å². The number of aromatic nitrogens is 2. The molecule has 0 radical (unpaired) electrons. The highest BCUT2D eigenvalue weighted by atomic mass is 19.1. The number of carbonyl (C=O) groups is 1. The summed E-state index contributed by atoms with van der Waals surface area (Å²) in [5, 5.41) is 9.36. The van der Waals surface area contributed by atoms with E-state index in [0.29, 0.717) is 12.1 Å². The maximum Gasteiger partial charge on any atom is 0.244 e. The van der Waals surface area contributed by atoms with E-state index in [2.05, 4.69) is 15.5 Å². The minimum atomic E-state index is -0.350. The monoisotopic (exact) mass is 259 g/mol. The predicted octanol–water partition coefficient (Wildman–Crippen LogP) is 2.19. The predicted molar refractivity (Wildman–Crippen MR) is 70.6 cm³/mol. The molecule has 1 heterocycles. The van der Waals surface area contributed by atoms with Gasteiger partial charge in [-0.05, 0) is 19.1 Å². The summed E-state index contributed by atoms with van der Waals surface area (Å²) >= 11 is 0. The average Bonchev–Trinajstić information content (AvgIpc) is 2.81. The van der Waals surface area contributed by atoms with E-state index in [9.17, 15) is 9.18 Å². The fourth-order valence-corrected chi connectivity index (χ4v) is 1.57. The lowest BCUT2D eigenvalue weighted by Crippen LogP contribution is -2.20. The zero-order valence-corrected chi connectivity index (χ0v) is 10.5.